The second kappa shape index (κ2) is 8.40. The number of aryl methyl sites for hydroxylation is 1. The molecule has 1 spiro atoms. The van der Waals surface area contributed by atoms with Gasteiger partial charge in [-0.2, -0.15) is 0 Å². The third-order valence-electron chi connectivity index (χ3n) is 7.19. The first-order chi connectivity index (χ1) is 15.1. The van der Waals surface area contributed by atoms with E-state index in [2.05, 4.69) is 9.88 Å². The van der Waals surface area contributed by atoms with Crippen LogP contribution in [0.3, 0.4) is 0 Å². The minimum atomic E-state index is -0.0410. The van der Waals surface area contributed by atoms with Gasteiger partial charge in [-0.25, -0.2) is 9.97 Å². The van der Waals surface area contributed by atoms with Gasteiger partial charge in [-0.05, 0) is 44.1 Å². The summed E-state index contributed by atoms with van der Waals surface area (Å²) in [5, 5.41) is 0. The van der Waals surface area contributed by atoms with E-state index in [0.717, 1.165) is 75.2 Å². The summed E-state index contributed by atoms with van der Waals surface area (Å²) in [6, 6.07) is 10.1. The molecule has 1 unspecified atom stereocenters. The van der Waals surface area contributed by atoms with Crippen LogP contribution in [-0.4, -0.2) is 57.8 Å². The topological polar surface area (TPSA) is 66.4 Å². The molecule has 2 fully saturated rings. The Kier molecular flexibility index (Phi) is 5.47. The highest BCUT2D eigenvalue weighted by Crippen LogP contribution is 2.44. The molecule has 2 saturated heterocycles. The molecule has 162 valence electrons. The maximum absolute atomic E-state index is 13.0. The molecule has 6 nitrogen and oxygen atoms in total. The zero-order chi connectivity index (χ0) is 21.3. The second-order valence-corrected chi connectivity index (χ2v) is 9.22. The van der Waals surface area contributed by atoms with Crippen LogP contribution in [0.2, 0.25) is 0 Å². The highest BCUT2D eigenvalue weighted by Gasteiger charge is 2.44. The number of carbonyl (C=O) groups is 2. The largest absolute Gasteiger partial charge is 0.343 e. The normalized spacial score (nSPS) is 22.9. The molecule has 31 heavy (non-hydrogen) atoms. The number of amides is 2. The summed E-state index contributed by atoms with van der Waals surface area (Å²) in [6.45, 7) is 3.14. The van der Waals surface area contributed by atoms with Gasteiger partial charge in [-0.1, -0.05) is 30.3 Å². The van der Waals surface area contributed by atoms with Crippen LogP contribution in [0.4, 0.5) is 0 Å². The molecule has 0 radical (unpaired) electrons. The van der Waals surface area contributed by atoms with Crippen LogP contribution >= 0.6 is 0 Å². The minimum absolute atomic E-state index is 0.0410. The molecule has 6 heteroatoms. The fourth-order valence-electron chi connectivity index (χ4n) is 5.53. The molecule has 0 saturated carbocycles. The standard InChI is InChI=1S/C25H30N4O2/c30-21-9-4-14-28(21)15-5-10-22(31)29-16-6-12-25(18-29)13-11-20-17-26-24(27-23(20)25)19-7-2-1-3-8-19/h1-3,7-8,17H,4-6,9-16,18H2. The van der Waals surface area contributed by atoms with E-state index < -0.39 is 0 Å². The van der Waals surface area contributed by atoms with Gasteiger partial charge in [0.25, 0.3) is 0 Å². The van der Waals surface area contributed by atoms with E-state index in [0.29, 0.717) is 19.4 Å². The molecule has 2 amide bonds. The minimum Gasteiger partial charge on any atom is -0.343 e. The Labute approximate surface area is 183 Å². The summed E-state index contributed by atoms with van der Waals surface area (Å²) in [6.07, 6.45) is 9.01. The van der Waals surface area contributed by atoms with Crippen molar-refractivity contribution >= 4 is 11.8 Å². The number of carbonyl (C=O) groups excluding carboxylic acids is 2. The van der Waals surface area contributed by atoms with Gasteiger partial charge < -0.3 is 9.80 Å². The molecule has 1 aromatic heterocycles. The summed E-state index contributed by atoms with van der Waals surface area (Å²) in [5.41, 5.74) is 3.39. The van der Waals surface area contributed by atoms with Crippen molar-refractivity contribution in [1.82, 2.24) is 19.8 Å². The van der Waals surface area contributed by atoms with Crippen molar-refractivity contribution in [2.75, 3.05) is 26.2 Å². The zero-order valence-electron chi connectivity index (χ0n) is 18.1. The van der Waals surface area contributed by atoms with Crippen LogP contribution in [0.25, 0.3) is 11.4 Å². The lowest BCUT2D eigenvalue weighted by molar-refractivity contribution is -0.134. The van der Waals surface area contributed by atoms with E-state index in [1.54, 1.807) is 0 Å². The van der Waals surface area contributed by atoms with Gasteiger partial charge >= 0.3 is 0 Å². The summed E-state index contributed by atoms with van der Waals surface area (Å²) >= 11 is 0. The molecular weight excluding hydrogens is 388 g/mol. The monoisotopic (exact) mass is 418 g/mol. The van der Waals surface area contributed by atoms with Gasteiger partial charge in [0.05, 0.1) is 5.69 Å². The van der Waals surface area contributed by atoms with Crippen LogP contribution in [-0.2, 0) is 21.4 Å². The number of hydrogen-bond donors (Lipinski definition) is 0. The molecular formula is C25H30N4O2. The number of nitrogens with zero attached hydrogens (tertiary/aromatic N) is 4. The van der Waals surface area contributed by atoms with Crippen molar-refractivity contribution in [3.63, 3.8) is 0 Å². The van der Waals surface area contributed by atoms with Gasteiger partial charge in [0.2, 0.25) is 11.8 Å². The lowest BCUT2D eigenvalue weighted by Gasteiger charge is -2.40. The molecule has 3 heterocycles. The maximum Gasteiger partial charge on any atom is 0.222 e. The van der Waals surface area contributed by atoms with E-state index >= 15 is 0 Å². The average Bonchev–Trinajstić information content (AvgIpc) is 3.37. The smallest absolute Gasteiger partial charge is 0.222 e. The van der Waals surface area contributed by atoms with Crippen molar-refractivity contribution in [1.29, 1.82) is 0 Å². The van der Waals surface area contributed by atoms with E-state index in [1.807, 2.05) is 41.4 Å². The van der Waals surface area contributed by atoms with Crippen molar-refractivity contribution in [2.24, 2.45) is 0 Å². The predicted molar refractivity (Wildman–Crippen MR) is 118 cm³/mol. The Morgan fingerprint density at radius 3 is 2.74 bits per heavy atom. The Morgan fingerprint density at radius 2 is 1.94 bits per heavy atom. The summed E-state index contributed by atoms with van der Waals surface area (Å²) < 4.78 is 0. The molecule has 1 aromatic carbocycles. The van der Waals surface area contributed by atoms with E-state index in [-0.39, 0.29) is 17.2 Å². The Bertz CT molecular complexity index is 973. The van der Waals surface area contributed by atoms with Gasteiger partial charge in [0.1, 0.15) is 0 Å². The number of hydrogen-bond acceptors (Lipinski definition) is 4. The van der Waals surface area contributed by atoms with Gasteiger partial charge in [-0.3, -0.25) is 9.59 Å². The van der Waals surface area contributed by atoms with E-state index in [4.69, 9.17) is 4.98 Å². The Hall–Kier alpha value is -2.76. The average molecular weight is 419 g/mol. The zero-order valence-corrected chi connectivity index (χ0v) is 18.1. The quantitative estimate of drug-likeness (QED) is 0.747. The Morgan fingerprint density at radius 1 is 1.06 bits per heavy atom. The van der Waals surface area contributed by atoms with Crippen molar-refractivity contribution in [3.8, 4) is 11.4 Å². The number of fused-ring (bicyclic) bond motifs is 2. The molecule has 0 N–H and O–H groups in total. The second-order valence-electron chi connectivity index (χ2n) is 9.22. The third-order valence-corrected chi connectivity index (χ3v) is 7.19. The molecule has 1 aliphatic carbocycles. The number of benzene rings is 1. The van der Waals surface area contributed by atoms with Gasteiger partial charge in [0.15, 0.2) is 5.82 Å². The Balaban J connectivity index is 1.28. The molecule has 1 atom stereocenters. The SMILES string of the molecule is O=C1CCCN1CCCC(=O)N1CCCC2(CCc3cnc(-c4ccccc4)nc32)C1. The first-order valence-corrected chi connectivity index (χ1v) is 11.6. The number of likely N-dealkylation sites (tertiary alicyclic amines) is 2. The first kappa shape index (κ1) is 20.2. The highest BCUT2D eigenvalue weighted by molar-refractivity contribution is 5.78. The predicted octanol–water partition coefficient (Wildman–Crippen LogP) is 3.35. The number of rotatable bonds is 5. The molecule has 5 rings (SSSR count). The summed E-state index contributed by atoms with van der Waals surface area (Å²) in [4.78, 5) is 38.4. The first-order valence-electron chi connectivity index (χ1n) is 11.6. The lowest BCUT2D eigenvalue weighted by Crippen LogP contribution is -2.48. The van der Waals surface area contributed by atoms with E-state index in [9.17, 15) is 9.59 Å². The number of piperidine rings is 1. The van der Waals surface area contributed by atoms with Crippen LogP contribution in [0, 0.1) is 0 Å². The third kappa shape index (κ3) is 3.95. The van der Waals surface area contributed by atoms with Crippen LogP contribution in [0.1, 0.15) is 56.2 Å². The van der Waals surface area contributed by atoms with Crippen molar-refractivity contribution in [2.45, 2.75) is 56.8 Å². The van der Waals surface area contributed by atoms with Crippen LogP contribution < -0.4 is 0 Å². The summed E-state index contributed by atoms with van der Waals surface area (Å²) in [5.74, 6) is 1.23. The van der Waals surface area contributed by atoms with Gasteiger partial charge in [0, 0.05) is 56.2 Å². The maximum atomic E-state index is 13.0. The van der Waals surface area contributed by atoms with Crippen molar-refractivity contribution in [3.05, 3.63) is 47.8 Å². The number of aromatic nitrogens is 2. The lowest BCUT2D eigenvalue weighted by atomic mass is 9.77. The van der Waals surface area contributed by atoms with E-state index in [1.165, 1.54) is 5.56 Å². The fourth-order valence-corrected chi connectivity index (χ4v) is 5.53. The molecule has 2 aromatic rings. The fraction of sp³-hybridized carbons (Fsp3) is 0.520. The molecule has 0 bridgehead atoms. The van der Waals surface area contributed by atoms with Crippen molar-refractivity contribution < 1.29 is 9.59 Å². The van der Waals surface area contributed by atoms with Crippen LogP contribution in [0.5, 0.6) is 0 Å². The highest BCUT2D eigenvalue weighted by atomic mass is 16.2. The van der Waals surface area contributed by atoms with Gasteiger partial charge in [-0.15, -0.1) is 0 Å². The molecule has 2 aliphatic heterocycles. The van der Waals surface area contributed by atoms with Crippen LogP contribution in [0.15, 0.2) is 36.5 Å². The summed E-state index contributed by atoms with van der Waals surface area (Å²) in [7, 11) is 0. The molecule has 3 aliphatic rings.